The minimum absolute atomic E-state index is 0.529. The van der Waals surface area contributed by atoms with Crippen molar-refractivity contribution in [3.8, 4) is 12.3 Å². The minimum atomic E-state index is 0.529. The SMILES string of the molecule is C#CCNC(=NCCCCCN1CCCCC1)NCC. The Hall–Kier alpha value is -1.21. The number of nitrogens with one attached hydrogen (secondary N) is 2. The van der Waals surface area contributed by atoms with Crippen molar-refractivity contribution >= 4 is 5.96 Å². The van der Waals surface area contributed by atoms with Gasteiger partial charge >= 0.3 is 0 Å². The highest BCUT2D eigenvalue weighted by atomic mass is 15.2. The molecule has 0 saturated carbocycles. The molecule has 1 saturated heterocycles. The molecule has 0 bridgehead atoms. The maximum absolute atomic E-state index is 5.24. The van der Waals surface area contributed by atoms with Crippen LogP contribution in [-0.4, -0.2) is 50.1 Å². The summed E-state index contributed by atoms with van der Waals surface area (Å²) in [6, 6.07) is 0. The van der Waals surface area contributed by atoms with Crippen LogP contribution < -0.4 is 10.6 Å². The summed E-state index contributed by atoms with van der Waals surface area (Å²) in [5, 5.41) is 6.30. The molecule has 0 atom stereocenters. The number of rotatable bonds is 8. The summed E-state index contributed by atoms with van der Waals surface area (Å²) in [7, 11) is 0. The highest BCUT2D eigenvalue weighted by Crippen LogP contribution is 2.09. The maximum Gasteiger partial charge on any atom is 0.192 e. The van der Waals surface area contributed by atoms with Gasteiger partial charge in [-0.3, -0.25) is 4.99 Å². The van der Waals surface area contributed by atoms with Gasteiger partial charge in [0.15, 0.2) is 5.96 Å². The van der Waals surface area contributed by atoms with Gasteiger partial charge in [0.05, 0.1) is 6.54 Å². The predicted octanol–water partition coefficient (Wildman–Crippen LogP) is 1.83. The second-order valence-electron chi connectivity index (χ2n) is 5.28. The Labute approximate surface area is 124 Å². The number of likely N-dealkylation sites (tertiary alicyclic amines) is 1. The monoisotopic (exact) mass is 278 g/mol. The number of terminal acetylenes is 1. The van der Waals surface area contributed by atoms with Crippen molar-refractivity contribution < 1.29 is 0 Å². The summed E-state index contributed by atoms with van der Waals surface area (Å²) in [4.78, 5) is 7.12. The Morgan fingerprint density at radius 3 is 2.65 bits per heavy atom. The number of nitrogens with zero attached hydrogens (tertiary/aromatic N) is 2. The standard InChI is InChI=1S/C16H30N4/c1-3-11-18-16(17-4-2)19-12-7-5-8-13-20-14-9-6-10-15-20/h1H,4-15H2,2H3,(H2,17,18,19). The number of unbranched alkanes of at least 4 members (excludes halogenated alkanes) is 2. The molecule has 4 heteroatoms. The van der Waals surface area contributed by atoms with Crippen LogP contribution in [0.4, 0.5) is 0 Å². The van der Waals surface area contributed by atoms with Crippen LogP contribution >= 0.6 is 0 Å². The average molecular weight is 278 g/mol. The van der Waals surface area contributed by atoms with Crippen molar-refractivity contribution in [2.24, 2.45) is 4.99 Å². The highest BCUT2D eigenvalue weighted by molar-refractivity contribution is 5.79. The van der Waals surface area contributed by atoms with E-state index in [0.29, 0.717) is 6.54 Å². The molecule has 0 radical (unpaired) electrons. The maximum atomic E-state index is 5.24. The quantitative estimate of drug-likeness (QED) is 0.308. The van der Waals surface area contributed by atoms with Gasteiger partial charge in [-0.1, -0.05) is 18.8 Å². The lowest BCUT2D eigenvalue weighted by atomic mass is 10.1. The van der Waals surface area contributed by atoms with Crippen LogP contribution in [0.3, 0.4) is 0 Å². The Balaban J connectivity index is 2.04. The molecule has 2 N–H and O–H groups in total. The van der Waals surface area contributed by atoms with Crippen molar-refractivity contribution in [1.29, 1.82) is 0 Å². The number of hydrogen-bond donors (Lipinski definition) is 2. The van der Waals surface area contributed by atoms with Crippen LogP contribution in [-0.2, 0) is 0 Å². The van der Waals surface area contributed by atoms with Crippen molar-refractivity contribution in [3.05, 3.63) is 0 Å². The number of guanidine groups is 1. The zero-order chi connectivity index (χ0) is 14.5. The topological polar surface area (TPSA) is 39.7 Å². The molecular formula is C16H30N4. The van der Waals surface area contributed by atoms with Crippen LogP contribution in [0.15, 0.2) is 4.99 Å². The highest BCUT2D eigenvalue weighted by Gasteiger charge is 2.08. The van der Waals surface area contributed by atoms with E-state index in [2.05, 4.69) is 33.4 Å². The second-order valence-corrected chi connectivity index (χ2v) is 5.28. The van der Waals surface area contributed by atoms with E-state index in [1.54, 1.807) is 0 Å². The number of aliphatic imine (C=N–C) groups is 1. The van der Waals surface area contributed by atoms with Crippen LogP contribution in [0.25, 0.3) is 0 Å². The van der Waals surface area contributed by atoms with Crippen LogP contribution in [0, 0.1) is 12.3 Å². The molecule has 1 aliphatic heterocycles. The van der Waals surface area contributed by atoms with E-state index < -0.39 is 0 Å². The molecule has 1 aliphatic rings. The average Bonchev–Trinajstić information content (AvgIpc) is 2.49. The Morgan fingerprint density at radius 2 is 1.95 bits per heavy atom. The molecule has 114 valence electrons. The van der Waals surface area contributed by atoms with Crippen molar-refractivity contribution in [2.45, 2.75) is 45.4 Å². The van der Waals surface area contributed by atoms with Crippen molar-refractivity contribution in [1.82, 2.24) is 15.5 Å². The van der Waals surface area contributed by atoms with Gasteiger partial charge in [0.25, 0.3) is 0 Å². The van der Waals surface area contributed by atoms with Crippen LogP contribution in [0.2, 0.25) is 0 Å². The summed E-state index contributed by atoms with van der Waals surface area (Å²) in [6.07, 6.45) is 13.1. The normalized spacial score (nSPS) is 16.7. The predicted molar refractivity (Wildman–Crippen MR) is 87.0 cm³/mol. The van der Waals surface area contributed by atoms with Gasteiger partial charge in [0.2, 0.25) is 0 Å². The summed E-state index contributed by atoms with van der Waals surface area (Å²) >= 11 is 0. The molecule has 1 rings (SSSR count). The lowest BCUT2D eigenvalue weighted by molar-refractivity contribution is 0.224. The minimum Gasteiger partial charge on any atom is -0.357 e. The van der Waals surface area contributed by atoms with Gasteiger partial charge in [-0.25, -0.2) is 0 Å². The van der Waals surface area contributed by atoms with Crippen molar-refractivity contribution in [3.63, 3.8) is 0 Å². The Bertz CT molecular complexity index is 300. The molecule has 1 heterocycles. The first-order chi connectivity index (χ1) is 9.86. The Kier molecular flexibility index (Phi) is 9.77. The molecule has 0 amide bonds. The van der Waals surface area contributed by atoms with E-state index in [4.69, 9.17) is 6.42 Å². The molecule has 1 fully saturated rings. The fraction of sp³-hybridized carbons (Fsp3) is 0.812. The number of piperidine rings is 1. The molecule has 0 aliphatic carbocycles. The molecule has 0 aromatic carbocycles. The van der Waals surface area contributed by atoms with Crippen LogP contribution in [0.1, 0.15) is 45.4 Å². The second kappa shape index (κ2) is 11.6. The zero-order valence-electron chi connectivity index (χ0n) is 13.0. The zero-order valence-corrected chi connectivity index (χ0v) is 13.0. The molecule has 0 spiro atoms. The summed E-state index contributed by atoms with van der Waals surface area (Å²) in [5.74, 6) is 3.40. The van der Waals surface area contributed by atoms with Gasteiger partial charge < -0.3 is 15.5 Å². The first kappa shape index (κ1) is 16.8. The molecule has 0 unspecified atom stereocenters. The van der Waals surface area contributed by atoms with E-state index in [9.17, 15) is 0 Å². The fourth-order valence-electron chi connectivity index (χ4n) is 2.47. The van der Waals surface area contributed by atoms with Gasteiger partial charge in [-0.15, -0.1) is 6.42 Å². The number of hydrogen-bond acceptors (Lipinski definition) is 2. The first-order valence-electron chi connectivity index (χ1n) is 8.04. The summed E-state index contributed by atoms with van der Waals surface area (Å²) in [5.41, 5.74) is 0. The van der Waals surface area contributed by atoms with E-state index >= 15 is 0 Å². The Morgan fingerprint density at radius 1 is 1.15 bits per heavy atom. The van der Waals surface area contributed by atoms with E-state index in [0.717, 1.165) is 25.5 Å². The molecule has 0 aromatic rings. The lowest BCUT2D eigenvalue weighted by Crippen LogP contribution is -2.37. The lowest BCUT2D eigenvalue weighted by Gasteiger charge is -2.26. The summed E-state index contributed by atoms with van der Waals surface area (Å²) < 4.78 is 0. The van der Waals surface area contributed by atoms with Gasteiger partial charge in [0, 0.05) is 13.1 Å². The fourth-order valence-corrected chi connectivity index (χ4v) is 2.47. The van der Waals surface area contributed by atoms with Crippen LogP contribution in [0.5, 0.6) is 0 Å². The van der Waals surface area contributed by atoms with Gasteiger partial charge in [0.1, 0.15) is 0 Å². The third kappa shape index (κ3) is 8.06. The summed E-state index contributed by atoms with van der Waals surface area (Å²) in [6.45, 7) is 8.20. The van der Waals surface area contributed by atoms with E-state index in [-0.39, 0.29) is 0 Å². The molecule has 20 heavy (non-hydrogen) atoms. The molecular weight excluding hydrogens is 248 g/mol. The van der Waals surface area contributed by atoms with Gasteiger partial charge in [-0.2, -0.15) is 0 Å². The third-order valence-corrected chi connectivity index (χ3v) is 3.55. The van der Waals surface area contributed by atoms with E-state index in [1.165, 1.54) is 51.7 Å². The smallest absolute Gasteiger partial charge is 0.192 e. The largest absolute Gasteiger partial charge is 0.357 e. The first-order valence-corrected chi connectivity index (χ1v) is 8.04. The van der Waals surface area contributed by atoms with E-state index in [1.807, 2.05) is 0 Å². The van der Waals surface area contributed by atoms with Gasteiger partial charge in [-0.05, 0) is 52.2 Å². The third-order valence-electron chi connectivity index (χ3n) is 3.55. The molecule has 0 aromatic heterocycles. The molecule has 4 nitrogen and oxygen atoms in total. The van der Waals surface area contributed by atoms with Crippen molar-refractivity contribution in [2.75, 3.05) is 39.3 Å².